The van der Waals surface area contributed by atoms with Gasteiger partial charge in [-0.05, 0) is 88.3 Å². The number of nitrogens with zero attached hydrogens (tertiary/aromatic N) is 7. The molecule has 1 amide bonds. The number of carbonyl (C=O) groups is 1. The van der Waals surface area contributed by atoms with E-state index >= 15 is 0 Å². The van der Waals surface area contributed by atoms with Crippen molar-refractivity contribution < 1.29 is 4.79 Å². The first kappa shape index (κ1) is 26.6. The first-order valence-corrected chi connectivity index (χ1v) is 14.3. The lowest BCUT2D eigenvalue weighted by atomic mass is 10.0. The molecule has 1 N–H and O–H groups in total. The number of benzene rings is 2. The lowest BCUT2D eigenvalue weighted by molar-refractivity contribution is 0.0658. The van der Waals surface area contributed by atoms with Crippen LogP contribution in [0.15, 0.2) is 54.6 Å². The fourth-order valence-corrected chi connectivity index (χ4v) is 5.98. The Balaban J connectivity index is 1.07. The van der Waals surface area contributed by atoms with Gasteiger partial charge in [0.25, 0.3) is 5.91 Å². The van der Waals surface area contributed by atoms with Gasteiger partial charge in [0, 0.05) is 44.2 Å². The molecule has 2 aromatic heterocycles. The van der Waals surface area contributed by atoms with Gasteiger partial charge in [0.05, 0.1) is 16.9 Å². The lowest BCUT2D eigenvalue weighted by Crippen LogP contribution is -2.52. The first-order valence-electron chi connectivity index (χ1n) is 14.3. The highest BCUT2D eigenvalue weighted by Crippen LogP contribution is 2.23. The molecule has 0 aliphatic carbocycles. The summed E-state index contributed by atoms with van der Waals surface area (Å²) in [6.45, 7) is 11.9. The number of nitrogens with one attached hydrogen (secondary N) is 1. The van der Waals surface area contributed by atoms with Gasteiger partial charge < -0.3 is 10.2 Å². The average molecular weight is 539 g/mol. The Bertz CT molecular complexity index is 1500. The van der Waals surface area contributed by atoms with Crippen LogP contribution in [0.3, 0.4) is 0 Å². The number of rotatable bonds is 6. The number of hydrogen-bond acceptors (Lipinski definition) is 7. The van der Waals surface area contributed by atoms with Crippen LogP contribution in [0.1, 0.15) is 40.2 Å². The van der Waals surface area contributed by atoms with E-state index in [1.54, 1.807) is 4.68 Å². The minimum atomic E-state index is -0.319. The molecule has 2 fully saturated rings. The number of likely N-dealkylation sites (N-methyl/N-ethyl adjacent to an activating group) is 1. The Morgan fingerprint density at radius 2 is 1.73 bits per heavy atom. The molecule has 0 atom stereocenters. The van der Waals surface area contributed by atoms with Crippen molar-refractivity contribution in [2.75, 3.05) is 51.6 Å². The van der Waals surface area contributed by atoms with Gasteiger partial charge in [-0.1, -0.05) is 29.5 Å². The molecule has 6 rings (SSSR count). The number of aromatic nitrogens is 4. The van der Waals surface area contributed by atoms with Gasteiger partial charge in [0.15, 0.2) is 5.69 Å². The Hall–Kier alpha value is -3.66. The molecule has 0 saturated carbocycles. The number of pyridine rings is 1. The van der Waals surface area contributed by atoms with E-state index in [-0.39, 0.29) is 11.6 Å². The maximum absolute atomic E-state index is 13.0. The maximum atomic E-state index is 13.0. The highest BCUT2D eigenvalue weighted by Gasteiger charge is 2.26. The number of anilines is 1. The predicted molar refractivity (Wildman–Crippen MR) is 158 cm³/mol. The van der Waals surface area contributed by atoms with E-state index < -0.39 is 0 Å². The van der Waals surface area contributed by atoms with E-state index in [0.717, 1.165) is 47.8 Å². The van der Waals surface area contributed by atoms with E-state index in [4.69, 9.17) is 4.98 Å². The topological polar surface area (TPSA) is 82.4 Å². The van der Waals surface area contributed by atoms with Gasteiger partial charge in [-0.3, -0.25) is 14.6 Å². The van der Waals surface area contributed by atoms with Crippen molar-refractivity contribution in [2.45, 2.75) is 39.3 Å². The number of para-hydroxylation sites is 1. The molecule has 0 unspecified atom stereocenters. The minimum absolute atomic E-state index is 0.289. The summed E-state index contributed by atoms with van der Waals surface area (Å²) < 4.78 is 1.70. The van der Waals surface area contributed by atoms with E-state index in [1.165, 1.54) is 44.6 Å². The lowest BCUT2D eigenvalue weighted by Gasteiger charge is -2.42. The molecule has 0 radical (unpaired) electrons. The normalized spacial score (nSPS) is 17.9. The number of likely N-dealkylation sites (tertiary alicyclic amines) is 1. The molecule has 2 aromatic carbocycles. The van der Waals surface area contributed by atoms with E-state index in [0.29, 0.717) is 11.5 Å². The standard InChI is InChI=1S/C31H38N8O/c1-22-6-4-5-7-28(22)39-23(2)30(34-35-39)31(40)33-29-11-9-25-20-24(8-10-27(25)32-29)21-37-14-12-26(13-15-37)38-18-16-36(3)17-19-38/h4-11,20,26H,12-19,21H2,1-3H3,(H,32,33,40). The summed E-state index contributed by atoms with van der Waals surface area (Å²) in [6, 6.07) is 18.9. The van der Waals surface area contributed by atoms with Crippen LogP contribution >= 0.6 is 0 Å². The third-order valence-electron chi connectivity index (χ3n) is 8.47. The van der Waals surface area contributed by atoms with Gasteiger partial charge in [-0.15, -0.1) is 5.10 Å². The molecule has 0 bridgehead atoms. The summed E-state index contributed by atoms with van der Waals surface area (Å²) in [7, 11) is 2.22. The number of hydrogen-bond donors (Lipinski definition) is 1. The van der Waals surface area contributed by atoms with E-state index in [1.807, 2.05) is 50.2 Å². The Morgan fingerprint density at radius 1 is 0.950 bits per heavy atom. The highest BCUT2D eigenvalue weighted by molar-refractivity contribution is 6.03. The molecule has 2 aliphatic heterocycles. The smallest absolute Gasteiger partial charge is 0.279 e. The third-order valence-corrected chi connectivity index (χ3v) is 8.47. The van der Waals surface area contributed by atoms with Crippen LogP contribution < -0.4 is 5.32 Å². The molecule has 0 spiro atoms. The van der Waals surface area contributed by atoms with Gasteiger partial charge in [-0.2, -0.15) is 0 Å². The average Bonchev–Trinajstić information content (AvgIpc) is 3.35. The first-order chi connectivity index (χ1) is 19.4. The largest absolute Gasteiger partial charge is 0.305 e. The van der Waals surface area contributed by atoms with Crippen LogP contribution in [0.25, 0.3) is 16.6 Å². The Labute approximate surface area is 235 Å². The van der Waals surface area contributed by atoms with Crippen LogP contribution in [0.2, 0.25) is 0 Å². The van der Waals surface area contributed by atoms with Crippen molar-refractivity contribution >= 4 is 22.6 Å². The number of amides is 1. The number of fused-ring (bicyclic) bond motifs is 1. The van der Waals surface area contributed by atoms with Crippen LogP contribution in [-0.2, 0) is 6.54 Å². The van der Waals surface area contributed by atoms with E-state index in [2.05, 4.69) is 55.6 Å². The second kappa shape index (κ2) is 11.4. The zero-order valence-electron chi connectivity index (χ0n) is 23.7. The van der Waals surface area contributed by atoms with Crippen LogP contribution in [-0.4, -0.2) is 92.9 Å². The Morgan fingerprint density at radius 3 is 2.50 bits per heavy atom. The number of piperidine rings is 1. The predicted octanol–water partition coefficient (Wildman–Crippen LogP) is 3.90. The molecule has 9 heteroatoms. The number of piperazine rings is 1. The summed E-state index contributed by atoms with van der Waals surface area (Å²) in [6.07, 6.45) is 2.50. The summed E-state index contributed by atoms with van der Waals surface area (Å²) in [4.78, 5) is 25.4. The second-order valence-electron chi connectivity index (χ2n) is 11.2. The van der Waals surface area contributed by atoms with E-state index in [9.17, 15) is 4.79 Å². The molecule has 2 saturated heterocycles. The molecule has 40 heavy (non-hydrogen) atoms. The molecule has 9 nitrogen and oxygen atoms in total. The maximum Gasteiger partial charge on any atom is 0.279 e. The van der Waals surface area contributed by atoms with Gasteiger partial charge in [0.2, 0.25) is 0 Å². The molecule has 2 aliphatic rings. The molecule has 208 valence electrons. The Kier molecular flexibility index (Phi) is 7.60. The molecular formula is C31H38N8O. The van der Waals surface area contributed by atoms with Gasteiger partial charge in [0.1, 0.15) is 5.82 Å². The van der Waals surface area contributed by atoms with Crippen molar-refractivity contribution in [1.29, 1.82) is 0 Å². The minimum Gasteiger partial charge on any atom is -0.305 e. The quantitative estimate of drug-likeness (QED) is 0.399. The van der Waals surface area contributed by atoms with Crippen LogP contribution in [0, 0.1) is 13.8 Å². The van der Waals surface area contributed by atoms with Crippen molar-refractivity contribution in [1.82, 2.24) is 34.7 Å². The second-order valence-corrected chi connectivity index (χ2v) is 11.2. The zero-order valence-corrected chi connectivity index (χ0v) is 23.7. The van der Waals surface area contributed by atoms with Crippen LogP contribution in [0.4, 0.5) is 5.82 Å². The van der Waals surface area contributed by atoms with Gasteiger partial charge >= 0.3 is 0 Å². The molecule has 4 aromatic rings. The third kappa shape index (κ3) is 5.63. The van der Waals surface area contributed by atoms with Gasteiger partial charge in [-0.25, -0.2) is 9.67 Å². The fourth-order valence-electron chi connectivity index (χ4n) is 5.98. The summed E-state index contributed by atoms with van der Waals surface area (Å²) in [5, 5.41) is 12.4. The number of aryl methyl sites for hydroxylation is 1. The van der Waals surface area contributed by atoms with Crippen molar-refractivity contribution in [3.8, 4) is 5.69 Å². The SMILES string of the molecule is Cc1ccccc1-n1nnc(C(=O)Nc2ccc3cc(CN4CCC(N5CCN(C)CC5)CC4)ccc3n2)c1C. The van der Waals surface area contributed by atoms with Crippen molar-refractivity contribution in [3.05, 3.63) is 77.1 Å². The zero-order chi connectivity index (χ0) is 27.6. The molecule has 4 heterocycles. The van der Waals surface area contributed by atoms with Crippen molar-refractivity contribution in [3.63, 3.8) is 0 Å². The summed E-state index contributed by atoms with van der Waals surface area (Å²) in [5.41, 5.74) is 5.10. The van der Waals surface area contributed by atoms with Crippen molar-refractivity contribution in [2.24, 2.45) is 0 Å². The highest BCUT2D eigenvalue weighted by atomic mass is 16.2. The van der Waals surface area contributed by atoms with Crippen LogP contribution in [0.5, 0.6) is 0 Å². The number of carbonyl (C=O) groups excluding carboxylic acids is 1. The molecular weight excluding hydrogens is 500 g/mol. The fraction of sp³-hybridized carbons (Fsp3) is 0.419. The summed E-state index contributed by atoms with van der Waals surface area (Å²) >= 11 is 0. The summed E-state index contributed by atoms with van der Waals surface area (Å²) in [5.74, 6) is 0.182. The monoisotopic (exact) mass is 538 g/mol.